The van der Waals surface area contributed by atoms with E-state index in [4.69, 9.17) is 0 Å². The second-order valence-electron chi connectivity index (χ2n) is 4.85. The van der Waals surface area contributed by atoms with Gasteiger partial charge in [-0.25, -0.2) is 0 Å². The molecule has 19 heavy (non-hydrogen) atoms. The molecular weight excluding hydrogens is 286 g/mol. The summed E-state index contributed by atoms with van der Waals surface area (Å²) in [4.78, 5) is 4.78. The van der Waals surface area contributed by atoms with Crippen LogP contribution in [0.5, 0.6) is 0 Å². The SMILES string of the molecule is [CH2-]CCN(C)CCC.[CH2-]CCN(CCC)CCC.[Zn+2]. The minimum atomic E-state index is 0. The monoisotopic (exact) mass is 320 g/mol. The maximum absolute atomic E-state index is 3.85. The molecule has 0 saturated carbocycles. The number of hydrogen-bond donors (Lipinski definition) is 0. The summed E-state index contributed by atoms with van der Waals surface area (Å²) in [5.74, 6) is 0. The van der Waals surface area contributed by atoms with Crippen LogP contribution in [0.3, 0.4) is 0 Å². The van der Waals surface area contributed by atoms with Crippen LogP contribution in [0.1, 0.15) is 52.9 Å². The molecule has 0 heterocycles. The van der Waals surface area contributed by atoms with Gasteiger partial charge in [0.15, 0.2) is 0 Å². The molecule has 0 saturated heterocycles. The van der Waals surface area contributed by atoms with Crippen LogP contribution in [0.2, 0.25) is 0 Å². The summed E-state index contributed by atoms with van der Waals surface area (Å²) in [6, 6.07) is 0. The average Bonchev–Trinajstić information content (AvgIpc) is 2.31. The molecule has 2 nitrogen and oxygen atoms in total. The zero-order chi connectivity index (χ0) is 14.2. The van der Waals surface area contributed by atoms with Gasteiger partial charge in [-0.3, -0.25) is 0 Å². The van der Waals surface area contributed by atoms with Crippen molar-refractivity contribution in [3.05, 3.63) is 13.8 Å². The largest absolute Gasteiger partial charge is 2.00 e. The fourth-order valence-corrected chi connectivity index (χ4v) is 1.95. The van der Waals surface area contributed by atoms with E-state index in [1.165, 1.54) is 45.4 Å². The molecule has 0 aliphatic heterocycles. The van der Waals surface area contributed by atoms with Crippen LogP contribution < -0.4 is 0 Å². The first-order valence-corrected chi connectivity index (χ1v) is 7.65. The van der Waals surface area contributed by atoms with Gasteiger partial charge in [-0.2, -0.15) is 12.8 Å². The summed E-state index contributed by atoms with van der Waals surface area (Å²) in [5, 5.41) is 0. The maximum atomic E-state index is 3.85. The van der Waals surface area contributed by atoms with Gasteiger partial charge in [-0.15, -0.1) is 0 Å². The van der Waals surface area contributed by atoms with Crippen molar-refractivity contribution < 1.29 is 19.5 Å². The van der Waals surface area contributed by atoms with Gasteiger partial charge in [-0.1, -0.05) is 20.8 Å². The molecule has 0 amide bonds. The van der Waals surface area contributed by atoms with Gasteiger partial charge in [0.1, 0.15) is 0 Å². The predicted molar refractivity (Wildman–Crippen MR) is 84.8 cm³/mol. The standard InChI is InChI=1S/C9H20N.C7H16N.Zn/c1-4-7-10(8-5-2)9-6-3;1-4-6-8(3)7-5-2;/h1,4-9H2,2-3H3;1,4-7H2,2-3H3;/q2*-1;+2. The van der Waals surface area contributed by atoms with E-state index in [1.54, 1.807) is 0 Å². The van der Waals surface area contributed by atoms with E-state index < -0.39 is 0 Å². The first-order valence-electron chi connectivity index (χ1n) is 7.65. The van der Waals surface area contributed by atoms with E-state index in [9.17, 15) is 0 Å². The summed E-state index contributed by atoms with van der Waals surface area (Å²) in [5.41, 5.74) is 0. The minimum absolute atomic E-state index is 0. The van der Waals surface area contributed by atoms with Crippen molar-refractivity contribution in [3.63, 3.8) is 0 Å². The Morgan fingerprint density at radius 1 is 0.684 bits per heavy atom. The molecule has 0 atom stereocenters. The molecule has 0 aliphatic carbocycles. The molecule has 0 aromatic carbocycles. The van der Waals surface area contributed by atoms with Gasteiger partial charge in [0.2, 0.25) is 0 Å². The van der Waals surface area contributed by atoms with Crippen LogP contribution in [0, 0.1) is 13.8 Å². The predicted octanol–water partition coefficient (Wildman–Crippen LogP) is 3.88. The summed E-state index contributed by atoms with van der Waals surface area (Å²) in [6.45, 7) is 20.2. The van der Waals surface area contributed by atoms with E-state index in [2.05, 4.69) is 51.5 Å². The molecule has 0 aromatic rings. The van der Waals surface area contributed by atoms with Gasteiger partial charge in [0, 0.05) is 0 Å². The molecule has 0 aliphatic rings. The van der Waals surface area contributed by atoms with Gasteiger partial charge < -0.3 is 23.6 Å². The van der Waals surface area contributed by atoms with Crippen LogP contribution in [0.4, 0.5) is 0 Å². The number of nitrogens with zero attached hydrogens (tertiary/aromatic N) is 2. The van der Waals surface area contributed by atoms with Crippen LogP contribution in [0.25, 0.3) is 0 Å². The second kappa shape index (κ2) is 20.9. The maximum Gasteiger partial charge on any atom is 2.00 e. The van der Waals surface area contributed by atoms with E-state index in [0.717, 1.165) is 19.4 Å². The van der Waals surface area contributed by atoms with Crippen LogP contribution in [-0.2, 0) is 19.5 Å². The average molecular weight is 322 g/mol. The number of rotatable bonds is 10. The third-order valence-corrected chi connectivity index (χ3v) is 2.70. The van der Waals surface area contributed by atoms with E-state index in [0.29, 0.717) is 0 Å². The molecule has 112 valence electrons. The molecule has 0 fully saturated rings. The van der Waals surface area contributed by atoms with Gasteiger partial charge in [0.25, 0.3) is 0 Å². The second-order valence-corrected chi connectivity index (χ2v) is 4.85. The van der Waals surface area contributed by atoms with Crippen molar-refractivity contribution in [2.75, 3.05) is 39.8 Å². The van der Waals surface area contributed by atoms with Crippen molar-refractivity contribution in [2.45, 2.75) is 52.9 Å². The zero-order valence-corrected chi connectivity index (χ0v) is 17.1. The topological polar surface area (TPSA) is 6.48 Å². The van der Waals surface area contributed by atoms with E-state index >= 15 is 0 Å². The molecule has 0 spiro atoms. The Labute approximate surface area is 136 Å². The molecule has 0 unspecified atom stereocenters. The van der Waals surface area contributed by atoms with Crippen LogP contribution in [-0.4, -0.2) is 49.6 Å². The summed E-state index contributed by atoms with van der Waals surface area (Å²) < 4.78 is 0. The Balaban J connectivity index is -0.000000262. The van der Waals surface area contributed by atoms with Gasteiger partial charge >= 0.3 is 19.5 Å². The fourth-order valence-electron chi connectivity index (χ4n) is 1.95. The van der Waals surface area contributed by atoms with Crippen molar-refractivity contribution in [1.29, 1.82) is 0 Å². The molecule has 0 radical (unpaired) electrons. The molecule has 0 N–H and O–H groups in total. The Morgan fingerprint density at radius 3 is 1.42 bits per heavy atom. The Hall–Kier alpha value is 0.543. The van der Waals surface area contributed by atoms with Crippen molar-refractivity contribution in [3.8, 4) is 0 Å². The van der Waals surface area contributed by atoms with Crippen LogP contribution in [0.15, 0.2) is 0 Å². The summed E-state index contributed by atoms with van der Waals surface area (Å²) in [7, 11) is 2.13. The molecule has 0 rings (SSSR count). The van der Waals surface area contributed by atoms with Gasteiger partial charge in [0.05, 0.1) is 0 Å². The van der Waals surface area contributed by atoms with Gasteiger partial charge in [-0.05, 0) is 59.0 Å². The smallest absolute Gasteiger partial charge is 0.342 e. The zero-order valence-electron chi connectivity index (χ0n) is 14.1. The first kappa shape index (κ1) is 24.6. The Morgan fingerprint density at radius 2 is 1.11 bits per heavy atom. The fraction of sp³-hybridized carbons (Fsp3) is 0.875. The molecular formula is C16H36N2Zn. The minimum Gasteiger partial charge on any atom is -0.342 e. The summed E-state index contributed by atoms with van der Waals surface area (Å²) in [6.07, 6.45) is 5.84. The van der Waals surface area contributed by atoms with Crippen molar-refractivity contribution >= 4 is 0 Å². The third kappa shape index (κ3) is 21.0. The van der Waals surface area contributed by atoms with Crippen molar-refractivity contribution in [2.24, 2.45) is 0 Å². The Bertz CT molecular complexity index is 122. The normalized spacial score (nSPS) is 10.1. The summed E-state index contributed by atoms with van der Waals surface area (Å²) >= 11 is 0. The van der Waals surface area contributed by atoms with Crippen LogP contribution >= 0.6 is 0 Å². The first-order chi connectivity index (χ1) is 8.65. The molecule has 0 bridgehead atoms. The van der Waals surface area contributed by atoms with E-state index in [1.807, 2.05) is 0 Å². The van der Waals surface area contributed by atoms with E-state index in [-0.39, 0.29) is 19.5 Å². The van der Waals surface area contributed by atoms with Crippen molar-refractivity contribution in [1.82, 2.24) is 9.80 Å². The third-order valence-electron chi connectivity index (χ3n) is 2.70. The number of hydrogen-bond acceptors (Lipinski definition) is 2. The molecule has 0 aromatic heterocycles. The quantitative estimate of drug-likeness (QED) is 0.445. The molecule has 3 heteroatoms. The Kier molecular flexibility index (Phi) is 26.9.